The molecule has 1 amide bonds. The number of carbonyl (C=O) groups is 1. The van der Waals surface area contributed by atoms with E-state index in [1.165, 1.54) is 4.90 Å². The molecule has 0 aliphatic heterocycles. The zero-order valence-corrected chi connectivity index (χ0v) is 12.9. The van der Waals surface area contributed by atoms with Crippen LogP contribution in [0, 0.1) is 21.4 Å². The number of nitriles is 1. The molecule has 8 nitrogen and oxygen atoms in total. The molecule has 0 unspecified atom stereocenters. The van der Waals surface area contributed by atoms with Crippen molar-refractivity contribution in [2.75, 3.05) is 7.05 Å². The molecule has 1 aromatic rings. The summed E-state index contributed by atoms with van der Waals surface area (Å²) in [5.74, 6) is -0.406. The molecule has 8 heteroatoms. The highest BCUT2D eigenvalue weighted by molar-refractivity contribution is 5.77. The second-order valence-electron chi connectivity index (χ2n) is 5.77. The molecular weight excluding hydrogens is 300 g/mol. The predicted molar refractivity (Wildman–Crippen MR) is 81.6 cm³/mol. The van der Waals surface area contributed by atoms with E-state index >= 15 is 0 Å². The van der Waals surface area contributed by atoms with E-state index in [0.717, 1.165) is 42.2 Å². The first-order valence-electron chi connectivity index (χ1n) is 7.42. The molecule has 1 saturated carbocycles. The number of carbonyl (C=O) groups excluding carboxylic acids is 1. The molecule has 2 rings (SSSR count). The summed E-state index contributed by atoms with van der Waals surface area (Å²) in [6.07, 6.45) is 5.05. The Morgan fingerprint density at radius 1 is 1.43 bits per heavy atom. The van der Waals surface area contributed by atoms with Gasteiger partial charge in [0.2, 0.25) is 5.91 Å². The van der Waals surface area contributed by atoms with Gasteiger partial charge in [-0.05, 0) is 12.8 Å². The van der Waals surface area contributed by atoms with Crippen molar-refractivity contribution < 1.29 is 9.72 Å². The number of pyridine rings is 1. The van der Waals surface area contributed by atoms with Crippen LogP contribution in [0.1, 0.15) is 32.1 Å². The van der Waals surface area contributed by atoms with E-state index < -0.39 is 21.9 Å². The summed E-state index contributed by atoms with van der Waals surface area (Å²) in [5, 5.41) is 20.3. The van der Waals surface area contributed by atoms with Gasteiger partial charge in [0.1, 0.15) is 12.1 Å². The summed E-state index contributed by atoms with van der Waals surface area (Å²) in [7, 11) is 1.55. The van der Waals surface area contributed by atoms with Crippen LogP contribution in [0.15, 0.2) is 23.1 Å². The maximum Gasteiger partial charge on any atom is 0.285 e. The number of nitro groups is 1. The van der Waals surface area contributed by atoms with E-state index in [1.807, 2.05) is 0 Å². The third-order valence-electron chi connectivity index (χ3n) is 4.39. The summed E-state index contributed by atoms with van der Waals surface area (Å²) in [6, 6.07) is 4.40. The number of likely N-dealkylation sites (N-methyl/N-ethyl adjacent to an activating group) is 1. The average Bonchev–Trinajstić information content (AvgIpc) is 2.56. The van der Waals surface area contributed by atoms with Gasteiger partial charge in [-0.15, -0.1) is 0 Å². The summed E-state index contributed by atoms with van der Waals surface area (Å²) in [6.45, 7) is -0.319. The molecule has 0 radical (unpaired) electrons. The van der Waals surface area contributed by atoms with Gasteiger partial charge in [-0.1, -0.05) is 19.3 Å². The first-order valence-corrected chi connectivity index (χ1v) is 7.42. The maximum absolute atomic E-state index is 12.5. The third kappa shape index (κ3) is 3.39. The predicted octanol–water partition coefficient (Wildman–Crippen LogP) is 1.44. The summed E-state index contributed by atoms with van der Waals surface area (Å²) in [4.78, 5) is 35.8. The highest BCUT2D eigenvalue weighted by atomic mass is 16.6. The zero-order valence-electron chi connectivity index (χ0n) is 12.9. The van der Waals surface area contributed by atoms with E-state index in [1.54, 1.807) is 7.05 Å². The molecule has 1 fully saturated rings. The van der Waals surface area contributed by atoms with E-state index in [4.69, 9.17) is 0 Å². The zero-order chi connectivity index (χ0) is 17.0. The Morgan fingerprint density at radius 2 is 2.09 bits per heavy atom. The lowest BCUT2D eigenvalue weighted by atomic mass is 9.81. The van der Waals surface area contributed by atoms with Gasteiger partial charge in [0.05, 0.1) is 17.2 Å². The van der Waals surface area contributed by atoms with Crippen molar-refractivity contribution in [1.82, 2.24) is 9.47 Å². The Bertz CT molecular complexity index is 713. The minimum Gasteiger partial charge on any atom is -0.325 e. The van der Waals surface area contributed by atoms with Gasteiger partial charge < -0.3 is 4.90 Å². The van der Waals surface area contributed by atoms with Crippen LogP contribution in [-0.2, 0) is 11.3 Å². The molecule has 1 aromatic heterocycles. The molecular formula is C15H18N4O4. The highest BCUT2D eigenvalue weighted by Crippen LogP contribution is 2.32. The van der Waals surface area contributed by atoms with Crippen molar-refractivity contribution in [3.8, 4) is 6.07 Å². The van der Waals surface area contributed by atoms with E-state index in [-0.39, 0.29) is 12.2 Å². The normalized spacial score (nSPS) is 16.3. The largest absolute Gasteiger partial charge is 0.325 e. The molecule has 1 aliphatic rings. The second-order valence-corrected chi connectivity index (χ2v) is 5.77. The monoisotopic (exact) mass is 318 g/mol. The van der Waals surface area contributed by atoms with E-state index in [2.05, 4.69) is 6.07 Å². The topological polar surface area (TPSA) is 109 Å². The number of rotatable bonds is 4. The van der Waals surface area contributed by atoms with Crippen LogP contribution in [-0.4, -0.2) is 32.9 Å². The van der Waals surface area contributed by atoms with Crippen LogP contribution >= 0.6 is 0 Å². The van der Waals surface area contributed by atoms with Gasteiger partial charge in [-0.25, -0.2) is 0 Å². The lowest BCUT2D eigenvalue weighted by Gasteiger charge is -2.39. The Balaban J connectivity index is 2.21. The van der Waals surface area contributed by atoms with E-state index in [0.29, 0.717) is 12.8 Å². The first-order chi connectivity index (χ1) is 10.9. The fourth-order valence-electron chi connectivity index (χ4n) is 2.90. The SMILES string of the molecule is CN(C(=O)Cn1cc([N+](=O)[O-])ccc1=O)C1(C#N)CCCCC1. The van der Waals surface area contributed by atoms with Crippen molar-refractivity contribution in [2.45, 2.75) is 44.2 Å². The van der Waals surface area contributed by atoms with Crippen LogP contribution in [0.2, 0.25) is 0 Å². The minimum atomic E-state index is -0.848. The number of hydrogen-bond acceptors (Lipinski definition) is 5. The molecule has 0 N–H and O–H groups in total. The molecule has 122 valence electrons. The smallest absolute Gasteiger partial charge is 0.285 e. The second kappa shape index (κ2) is 6.60. The quantitative estimate of drug-likeness (QED) is 0.616. The van der Waals surface area contributed by atoms with Gasteiger partial charge in [-0.3, -0.25) is 24.3 Å². The maximum atomic E-state index is 12.5. The molecule has 0 atom stereocenters. The van der Waals surface area contributed by atoms with Crippen molar-refractivity contribution in [3.63, 3.8) is 0 Å². The van der Waals surface area contributed by atoms with E-state index in [9.17, 15) is 25.0 Å². The minimum absolute atomic E-state index is 0.257. The van der Waals surface area contributed by atoms with Crippen LogP contribution in [0.4, 0.5) is 5.69 Å². The van der Waals surface area contributed by atoms with Crippen LogP contribution < -0.4 is 5.56 Å². The summed E-state index contributed by atoms with van der Waals surface area (Å²) >= 11 is 0. The van der Waals surface area contributed by atoms with Crippen LogP contribution in [0.3, 0.4) is 0 Å². The number of nitrogens with zero attached hydrogens (tertiary/aromatic N) is 4. The van der Waals surface area contributed by atoms with Gasteiger partial charge >= 0.3 is 0 Å². The molecule has 1 heterocycles. The standard InChI is InChI=1S/C15H18N4O4/c1-17(15(11-16)7-3-2-4-8-15)14(21)10-18-9-12(19(22)23)5-6-13(18)20/h5-6,9H,2-4,7-8,10H2,1H3. The van der Waals surface area contributed by atoms with Crippen molar-refractivity contribution >= 4 is 11.6 Å². The fourth-order valence-corrected chi connectivity index (χ4v) is 2.90. The Morgan fingerprint density at radius 3 is 2.65 bits per heavy atom. The lowest BCUT2D eigenvalue weighted by molar-refractivity contribution is -0.385. The van der Waals surface area contributed by atoms with Gasteiger partial charge in [-0.2, -0.15) is 5.26 Å². The van der Waals surface area contributed by atoms with Crippen LogP contribution in [0.25, 0.3) is 0 Å². The average molecular weight is 318 g/mol. The van der Waals surface area contributed by atoms with Crippen molar-refractivity contribution in [3.05, 3.63) is 38.8 Å². The Kier molecular flexibility index (Phi) is 4.79. The number of hydrogen-bond donors (Lipinski definition) is 0. The number of aromatic nitrogens is 1. The van der Waals surface area contributed by atoms with Crippen LogP contribution in [0.5, 0.6) is 0 Å². The Labute approximate surface area is 133 Å². The summed E-state index contributed by atoms with van der Waals surface area (Å²) < 4.78 is 1.00. The van der Waals surface area contributed by atoms with Crippen molar-refractivity contribution in [1.29, 1.82) is 5.26 Å². The van der Waals surface area contributed by atoms with Gasteiger partial charge in [0.25, 0.3) is 11.2 Å². The Hall–Kier alpha value is -2.69. The first kappa shape index (κ1) is 16.7. The van der Waals surface area contributed by atoms with Crippen molar-refractivity contribution in [2.24, 2.45) is 0 Å². The number of amides is 1. The highest BCUT2D eigenvalue weighted by Gasteiger charge is 2.38. The van der Waals surface area contributed by atoms with Gasteiger partial charge in [0, 0.05) is 19.2 Å². The third-order valence-corrected chi connectivity index (χ3v) is 4.39. The molecule has 23 heavy (non-hydrogen) atoms. The lowest BCUT2D eigenvalue weighted by Crippen LogP contribution is -2.51. The fraction of sp³-hybridized carbons (Fsp3) is 0.533. The molecule has 0 saturated heterocycles. The summed E-state index contributed by atoms with van der Waals surface area (Å²) in [5.41, 5.74) is -1.60. The molecule has 0 bridgehead atoms. The molecule has 0 spiro atoms. The van der Waals surface area contributed by atoms with Gasteiger partial charge in [0.15, 0.2) is 0 Å². The molecule has 0 aromatic carbocycles. The molecule has 1 aliphatic carbocycles.